The van der Waals surface area contributed by atoms with Crippen molar-refractivity contribution in [3.63, 3.8) is 0 Å². The lowest BCUT2D eigenvalue weighted by Gasteiger charge is -2.21. The number of benzene rings is 2. The molecule has 1 heterocycles. The molecule has 0 aliphatic carbocycles. The van der Waals surface area contributed by atoms with E-state index in [2.05, 4.69) is 5.32 Å². The molecule has 1 aromatic heterocycles. The number of hydrogen-bond donors (Lipinski definition) is 1. The van der Waals surface area contributed by atoms with Crippen LogP contribution >= 0.6 is 0 Å². The van der Waals surface area contributed by atoms with Gasteiger partial charge in [-0.25, -0.2) is 0 Å². The van der Waals surface area contributed by atoms with Gasteiger partial charge in [-0.1, -0.05) is 24.3 Å². The number of rotatable bonds is 9. The van der Waals surface area contributed by atoms with Gasteiger partial charge in [0.25, 0.3) is 5.91 Å². The number of nitrogens with one attached hydrogen (secondary N) is 1. The monoisotopic (exact) mass is 408 g/mol. The van der Waals surface area contributed by atoms with Gasteiger partial charge in [-0.2, -0.15) is 0 Å². The normalized spacial score (nSPS) is 10.3. The van der Waals surface area contributed by atoms with Gasteiger partial charge in [0, 0.05) is 0 Å². The number of ether oxygens (including phenoxy) is 2. The number of nitrogens with zero attached hydrogens (tertiary/aromatic N) is 1. The molecule has 0 saturated heterocycles. The van der Waals surface area contributed by atoms with Crippen molar-refractivity contribution in [1.29, 1.82) is 0 Å². The number of amides is 2. The first-order valence-corrected chi connectivity index (χ1v) is 9.47. The number of aryl methyl sites for hydroxylation is 1. The van der Waals surface area contributed by atoms with Crippen LogP contribution in [-0.4, -0.2) is 37.0 Å². The highest BCUT2D eigenvalue weighted by Gasteiger charge is 2.20. The Morgan fingerprint density at radius 1 is 1.07 bits per heavy atom. The fraction of sp³-hybridized carbons (Fsp3) is 0.217. The number of carbonyl (C=O) groups is 2. The van der Waals surface area contributed by atoms with Crippen molar-refractivity contribution in [3.8, 4) is 11.5 Å². The Bertz CT molecular complexity index is 985. The van der Waals surface area contributed by atoms with E-state index in [0.717, 1.165) is 5.56 Å². The topological polar surface area (TPSA) is 81.0 Å². The molecule has 7 nitrogen and oxygen atoms in total. The maximum absolute atomic E-state index is 12.8. The number of para-hydroxylation sites is 2. The average Bonchev–Trinajstić information content (AvgIpc) is 3.25. The van der Waals surface area contributed by atoms with Crippen molar-refractivity contribution in [3.05, 3.63) is 78.3 Å². The van der Waals surface area contributed by atoms with Crippen molar-refractivity contribution in [2.75, 3.05) is 25.6 Å². The van der Waals surface area contributed by atoms with E-state index in [1.54, 1.807) is 36.4 Å². The van der Waals surface area contributed by atoms with Crippen LogP contribution in [0.4, 0.5) is 5.69 Å². The summed E-state index contributed by atoms with van der Waals surface area (Å²) < 4.78 is 16.2. The zero-order valence-electron chi connectivity index (χ0n) is 17.0. The molecule has 0 bridgehead atoms. The fourth-order valence-electron chi connectivity index (χ4n) is 2.88. The van der Waals surface area contributed by atoms with Crippen molar-refractivity contribution in [2.45, 2.75) is 13.5 Å². The van der Waals surface area contributed by atoms with Crippen molar-refractivity contribution >= 4 is 17.5 Å². The molecule has 0 unspecified atom stereocenters. The quantitative estimate of drug-likeness (QED) is 0.585. The van der Waals surface area contributed by atoms with Crippen LogP contribution in [0, 0.1) is 6.92 Å². The molecule has 0 aliphatic rings. The van der Waals surface area contributed by atoms with Gasteiger partial charge in [0.05, 0.1) is 25.6 Å². The summed E-state index contributed by atoms with van der Waals surface area (Å²) >= 11 is 0. The largest absolute Gasteiger partial charge is 0.495 e. The van der Waals surface area contributed by atoms with E-state index in [-0.39, 0.29) is 31.5 Å². The number of furan rings is 1. The molecule has 30 heavy (non-hydrogen) atoms. The molecule has 0 fully saturated rings. The van der Waals surface area contributed by atoms with Crippen molar-refractivity contribution in [2.24, 2.45) is 0 Å². The predicted molar refractivity (Wildman–Crippen MR) is 112 cm³/mol. The van der Waals surface area contributed by atoms with Gasteiger partial charge in [0.1, 0.15) is 23.8 Å². The maximum atomic E-state index is 12.8. The van der Waals surface area contributed by atoms with E-state index in [0.29, 0.717) is 22.9 Å². The van der Waals surface area contributed by atoms with E-state index in [1.165, 1.54) is 18.3 Å². The molecule has 7 heteroatoms. The van der Waals surface area contributed by atoms with E-state index >= 15 is 0 Å². The summed E-state index contributed by atoms with van der Waals surface area (Å²) in [5, 5.41) is 2.78. The molecular weight excluding hydrogens is 384 g/mol. The molecule has 0 atom stereocenters. The van der Waals surface area contributed by atoms with Crippen LogP contribution in [0.15, 0.2) is 71.3 Å². The van der Waals surface area contributed by atoms with Crippen LogP contribution in [0.25, 0.3) is 0 Å². The fourth-order valence-corrected chi connectivity index (χ4v) is 2.88. The number of anilines is 1. The first-order chi connectivity index (χ1) is 14.5. The zero-order valence-corrected chi connectivity index (χ0v) is 17.0. The summed E-state index contributed by atoms with van der Waals surface area (Å²) in [7, 11) is 1.53. The van der Waals surface area contributed by atoms with Gasteiger partial charge in [0.15, 0.2) is 6.61 Å². The van der Waals surface area contributed by atoms with Gasteiger partial charge in [-0.05, 0) is 48.9 Å². The molecule has 3 rings (SSSR count). The number of hydrogen-bond acceptors (Lipinski definition) is 5. The molecule has 1 N–H and O–H groups in total. The summed E-state index contributed by atoms with van der Waals surface area (Å²) in [6.45, 7) is 1.75. The van der Waals surface area contributed by atoms with Crippen LogP contribution in [-0.2, 0) is 16.1 Å². The molecule has 0 aliphatic heterocycles. The third kappa shape index (κ3) is 5.88. The van der Waals surface area contributed by atoms with Crippen molar-refractivity contribution < 1.29 is 23.5 Å². The van der Waals surface area contributed by atoms with Crippen LogP contribution in [0.2, 0.25) is 0 Å². The van der Waals surface area contributed by atoms with E-state index < -0.39 is 0 Å². The summed E-state index contributed by atoms with van der Waals surface area (Å²) in [5.74, 6) is 1.03. The zero-order chi connectivity index (χ0) is 21.3. The summed E-state index contributed by atoms with van der Waals surface area (Å²) in [6.07, 6.45) is 1.52. The molecule has 2 amide bonds. The highest BCUT2D eigenvalue weighted by atomic mass is 16.5. The minimum Gasteiger partial charge on any atom is -0.495 e. The Labute approximate surface area is 175 Å². The Morgan fingerprint density at radius 2 is 1.90 bits per heavy atom. The highest BCUT2D eigenvalue weighted by molar-refractivity contribution is 5.95. The van der Waals surface area contributed by atoms with Crippen LogP contribution in [0.5, 0.6) is 11.5 Å². The van der Waals surface area contributed by atoms with E-state index in [4.69, 9.17) is 13.9 Å². The average molecular weight is 408 g/mol. The van der Waals surface area contributed by atoms with Gasteiger partial charge < -0.3 is 24.1 Å². The van der Waals surface area contributed by atoms with Gasteiger partial charge >= 0.3 is 0 Å². The smallest absolute Gasteiger partial charge is 0.261 e. The van der Waals surface area contributed by atoms with Gasteiger partial charge in [-0.3, -0.25) is 9.59 Å². The maximum Gasteiger partial charge on any atom is 0.261 e. The molecule has 156 valence electrons. The van der Waals surface area contributed by atoms with E-state index in [1.807, 2.05) is 31.2 Å². The SMILES string of the molecule is COc1ccccc1NC(=O)CN(Cc1ccco1)C(=O)COc1cccc(C)c1. The molecule has 0 spiro atoms. The first-order valence-electron chi connectivity index (χ1n) is 9.47. The van der Waals surface area contributed by atoms with Crippen LogP contribution in [0.3, 0.4) is 0 Å². The van der Waals surface area contributed by atoms with Gasteiger partial charge in [0.2, 0.25) is 5.91 Å². The standard InChI is InChI=1S/C23H24N2O5/c1-17-7-5-8-18(13-17)30-16-23(27)25(14-19-9-6-12-29-19)15-22(26)24-20-10-3-4-11-21(20)28-2/h3-13H,14-16H2,1-2H3,(H,24,26). The summed E-state index contributed by atoms with van der Waals surface area (Å²) in [6, 6.07) is 18.0. The first kappa shape index (κ1) is 21.0. The number of carbonyl (C=O) groups excluding carboxylic acids is 2. The molecule has 0 saturated carbocycles. The lowest BCUT2D eigenvalue weighted by molar-refractivity contribution is -0.137. The lowest BCUT2D eigenvalue weighted by atomic mass is 10.2. The molecular formula is C23H24N2O5. The second-order valence-corrected chi connectivity index (χ2v) is 6.68. The van der Waals surface area contributed by atoms with E-state index in [9.17, 15) is 9.59 Å². The Kier molecular flexibility index (Phi) is 7.10. The Hall–Kier alpha value is -3.74. The second kappa shape index (κ2) is 10.2. The van der Waals surface area contributed by atoms with Gasteiger partial charge in [-0.15, -0.1) is 0 Å². The molecule has 3 aromatic rings. The van der Waals surface area contributed by atoms with Crippen molar-refractivity contribution in [1.82, 2.24) is 4.90 Å². The Balaban J connectivity index is 1.66. The lowest BCUT2D eigenvalue weighted by Crippen LogP contribution is -2.40. The van der Waals surface area contributed by atoms with Crippen LogP contribution in [0.1, 0.15) is 11.3 Å². The summed E-state index contributed by atoms with van der Waals surface area (Å²) in [5.41, 5.74) is 1.56. The number of methoxy groups -OCH3 is 1. The Morgan fingerprint density at radius 3 is 2.63 bits per heavy atom. The molecule has 2 aromatic carbocycles. The highest BCUT2D eigenvalue weighted by Crippen LogP contribution is 2.23. The molecule has 0 radical (unpaired) electrons. The third-order valence-corrected chi connectivity index (χ3v) is 4.35. The minimum atomic E-state index is -0.352. The minimum absolute atomic E-state index is 0.155. The third-order valence-electron chi connectivity index (χ3n) is 4.35. The van der Waals surface area contributed by atoms with Crippen LogP contribution < -0.4 is 14.8 Å². The summed E-state index contributed by atoms with van der Waals surface area (Å²) in [4.78, 5) is 26.8. The second-order valence-electron chi connectivity index (χ2n) is 6.68. The predicted octanol–water partition coefficient (Wildman–Crippen LogP) is 3.64.